The van der Waals surface area contributed by atoms with Crippen LogP contribution in [0.3, 0.4) is 0 Å². The smallest absolute Gasteiger partial charge is 0.164 e. The van der Waals surface area contributed by atoms with Crippen LogP contribution in [0.25, 0.3) is 33.3 Å². The van der Waals surface area contributed by atoms with E-state index in [9.17, 15) is 19.5 Å². The Hall–Kier alpha value is -5.62. The van der Waals surface area contributed by atoms with Gasteiger partial charge in [0.1, 0.15) is 35.2 Å². The second-order valence-electron chi connectivity index (χ2n) is 16.1. The van der Waals surface area contributed by atoms with Gasteiger partial charge in [-0.15, -0.1) is 6.42 Å². The SMILES string of the molecule is C#Cc1cccc(C(=O)CCCOCCOCCOCCOCCC(=O)CCCOCCOCCOCCOCCC(=O)CCCCCn2nc(-c3cc4cc(O)ccc4[nH]3)c3c(N)ncnc32)c1. The highest BCUT2D eigenvalue weighted by molar-refractivity contribution is 6.00. The number of fused-ring (bicyclic) bond motifs is 2. The fourth-order valence-electron chi connectivity index (χ4n) is 7.16. The molecule has 0 amide bonds. The van der Waals surface area contributed by atoms with Crippen LogP contribution in [0.2, 0.25) is 0 Å². The normalized spacial score (nSPS) is 11.5. The van der Waals surface area contributed by atoms with Gasteiger partial charge >= 0.3 is 0 Å². The van der Waals surface area contributed by atoms with Gasteiger partial charge in [-0.3, -0.25) is 14.4 Å². The Kier molecular flexibility index (Phi) is 25.4. The van der Waals surface area contributed by atoms with Crippen molar-refractivity contribution in [1.82, 2.24) is 24.7 Å². The number of phenolic OH excluding ortho intramolecular Hbond substituents is 1. The molecule has 0 fully saturated rings. The van der Waals surface area contributed by atoms with E-state index in [4.69, 9.17) is 55.2 Å². The van der Waals surface area contributed by atoms with Crippen LogP contribution in [-0.4, -0.2) is 153 Å². The molecule has 0 aliphatic heterocycles. The molecule has 0 aliphatic carbocycles. The third-order valence-electron chi connectivity index (χ3n) is 10.8. The number of ketones is 3. The molecule has 2 aromatic carbocycles. The van der Waals surface area contributed by atoms with Gasteiger partial charge in [-0.25, -0.2) is 14.6 Å². The maximum atomic E-state index is 12.4. The fourth-order valence-corrected chi connectivity index (χ4v) is 7.16. The van der Waals surface area contributed by atoms with Gasteiger partial charge < -0.3 is 53.7 Å². The minimum absolute atomic E-state index is 0.0502. The molecule has 0 saturated carbocycles. The molecule has 0 saturated heterocycles. The zero-order valence-corrected chi connectivity index (χ0v) is 39.7. The molecule has 0 spiro atoms. The summed E-state index contributed by atoms with van der Waals surface area (Å²) < 4.78 is 46.1. The van der Waals surface area contributed by atoms with E-state index < -0.39 is 0 Å². The third-order valence-corrected chi connectivity index (χ3v) is 10.8. The predicted molar refractivity (Wildman–Crippen MR) is 260 cm³/mol. The molecule has 69 heavy (non-hydrogen) atoms. The molecule has 0 radical (unpaired) electrons. The van der Waals surface area contributed by atoms with Crippen molar-refractivity contribution in [3.8, 4) is 29.5 Å². The number of terminal acetylenes is 1. The van der Waals surface area contributed by atoms with Crippen molar-refractivity contribution in [2.45, 2.75) is 70.8 Å². The lowest BCUT2D eigenvalue weighted by molar-refractivity contribution is -0.121. The number of Topliss-reactive ketones (excluding diaryl/α,β-unsaturated/α-hetero) is 3. The van der Waals surface area contributed by atoms with Gasteiger partial charge in [0.05, 0.1) is 104 Å². The zero-order chi connectivity index (χ0) is 48.7. The van der Waals surface area contributed by atoms with Crippen LogP contribution in [0.1, 0.15) is 80.1 Å². The quantitative estimate of drug-likeness (QED) is 0.0222. The summed E-state index contributed by atoms with van der Waals surface area (Å²) in [6.07, 6.45) is 12.6. The molecule has 0 aliphatic rings. The number of anilines is 1. The van der Waals surface area contributed by atoms with Crippen molar-refractivity contribution in [2.24, 2.45) is 0 Å². The minimum atomic E-state index is 0.0502. The Morgan fingerprint density at radius 1 is 0.623 bits per heavy atom. The number of rotatable bonds is 40. The Labute approximate surface area is 403 Å². The van der Waals surface area contributed by atoms with Crippen molar-refractivity contribution >= 4 is 45.1 Å². The number of ether oxygens (including phenoxy) is 8. The van der Waals surface area contributed by atoms with E-state index in [1.54, 1.807) is 36.4 Å². The number of phenols is 1. The molecular weight excluding hydrogens is 889 g/mol. The summed E-state index contributed by atoms with van der Waals surface area (Å²) in [5.74, 6) is 3.42. The Morgan fingerprint density at radius 3 is 1.80 bits per heavy atom. The van der Waals surface area contributed by atoms with E-state index in [2.05, 4.69) is 20.9 Å². The molecular formula is C51H68N6O12. The first kappa shape index (κ1) is 54.3. The number of nitrogens with zero attached hydrogens (tertiary/aromatic N) is 4. The highest BCUT2D eigenvalue weighted by atomic mass is 16.6. The summed E-state index contributed by atoms with van der Waals surface area (Å²) >= 11 is 0. The minimum Gasteiger partial charge on any atom is -0.508 e. The molecule has 0 bridgehead atoms. The van der Waals surface area contributed by atoms with Crippen molar-refractivity contribution in [2.75, 3.05) is 111 Å². The first-order valence-corrected chi connectivity index (χ1v) is 23.9. The summed E-state index contributed by atoms with van der Waals surface area (Å²) in [6.45, 7) is 7.45. The Balaban J connectivity index is 0.724. The summed E-state index contributed by atoms with van der Waals surface area (Å²) in [5.41, 5.74) is 10.5. The number of aromatic amines is 1. The summed E-state index contributed by atoms with van der Waals surface area (Å²) in [4.78, 5) is 48.8. The van der Waals surface area contributed by atoms with Crippen LogP contribution < -0.4 is 5.73 Å². The Morgan fingerprint density at radius 2 is 1.19 bits per heavy atom. The van der Waals surface area contributed by atoms with Gasteiger partial charge in [0.2, 0.25) is 0 Å². The molecule has 374 valence electrons. The van der Waals surface area contributed by atoms with Gasteiger partial charge in [-0.05, 0) is 62.1 Å². The standard InChI is InChI=1S/C51H68N6O12/c1-2-39-9-6-10-40(35-39)47(61)13-8-20-63-24-28-67-32-34-69-30-26-65-22-17-43(59)12-7-19-62-23-27-66-31-33-68-29-25-64-21-16-42(58)11-4-3-5-18-57-51-48(50(52)53-38-54-51)49(56-57)46-37-41-36-44(60)14-15-45(41)55-46/h1,6,9-10,14-15,35-38,55,60H,3-5,7-8,11-13,16-34H2,(H2,52,53,54). The second-order valence-corrected chi connectivity index (χ2v) is 16.1. The first-order chi connectivity index (χ1) is 33.8. The number of aryl methyl sites for hydroxylation is 1. The highest BCUT2D eigenvalue weighted by Crippen LogP contribution is 2.32. The van der Waals surface area contributed by atoms with E-state index in [0.29, 0.717) is 191 Å². The second kappa shape index (κ2) is 32.2. The van der Waals surface area contributed by atoms with Crippen LogP contribution in [-0.2, 0) is 54.0 Å². The van der Waals surface area contributed by atoms with E-state index in [1.165, 1.54) is 6.33 Å². The van der Waals surface area contributed by atoms with Gasteiger partial charge in [-0.2, -0.15) is 5.10 Å². The topological polar surface area (TPSA) is 231 Å². The van der Waals surface area contributed by atoms with Gasteiger partial charge in [0.25, 0.3) is 0 Å². The largest absolute Gasteiger partial charge is 0.508 e. The predicted octanol–water partition coefficient (Wildman–Crippen LogP) is 6.30. The van der Waals surface area contributed by atoms with Crippen LogP contribution in [0.15, 0.2) is 54.9 Å². The van der Waals surface area contributed by atoms with E-state index >= 15 is 0 Å². The summed E-state index contributed by atoms with van der Waals surface area (Å²) in [6, 6.07) is 14.1. The number of nitrogens with two attached hydrogens (primary N) is 1. The van der Waals surface area contributed by atoms with Gasteiger partial charge in [-0.1, -0.05) is 24.5 Å². The van der Waals surface area contributed by atoms with Crippen molar-refractivity contribution in [1.29, 1.82) is 0 Å². The molecule has 5 aromatic rings. The van der Waals surface area contributed by atoms with Gasteiger partial charge in [0.15, 0.2) is 11.4 Å². The van der Waals surface area contributed by atoms with Gasteiger partial charge in [0, 0.05) is 73.9 Å². The number of aromatic hydroxyl groups is 1. The first-order valence-electron chi connectivity index (χ1n) is 23.9. The molecule has 18 nitrogen and oxygen atoms in total. The molecule has 3 aromatic heterocycles. The number of carbonyl (C=O) groups is 3. The average Bonchev–Trinajstić information content (AvgIpc) is 3.95. The number of hydrogen-bond acceptors (Lipinski definition) is 16. The van der Waals surface area contributed by atoms with Crippen LogP contribution in [0.5, 0.6) is 5.75 Å². The van der Waals surface area contributed by atoms with Crippen LogP contribution in [0, 0.1) is 12.3 Å². The third kappa shape index (κ3) is 20.5. The van der Waals surface area contributed by atoms with E-state index in [0.717, 1.165) is 35.9 Å². The molecule has 3 heterocycles. The zero-order valence-electron chi connectivity index (χ0n) is 39.7. The average molecular weight is 957 g/mol. The fraction of sp³-hybridized carbons (Fsp3) is 0.529. The van der Waals surface area contributed by atoms with Crippen LogP contribution >= 0.6 is 0 Å². The maximum absolute atomic E-state index is 12.4. The molecule has 5 rings (SSSR count). The van der Waals surface area contributed by atoms with E-state index in [-0.39, 0.29) is 23.1 Å². The lowest BCUT2D eigenvalue weighted by Gasteiger charge is -2.08. The van der Waals surface area contributed by atoms with Crippen molar-refractivity contribution < 1.29 is 57.4 Å². The lowest BCUT2D eigenvalue weighted by Crippen LogP contribution is -2.13. The number of hydrogen-bond donors (Lipinski definition) is 3. The summed E-state index contributed by atoms with van der Waals surface area (Å²) in [5, 5.41) is 16.2. The number of benzene rings is 2. The van der Waals surface area contributed by atoms with Crippen LogP contribution in [0.4, 0.5) is 5.82 Å². The number of aromatic nitrogens is 5. The number of nitrogen functional groups attached to an aromatic ring is 1. The number of nitrogens with one attached hydrogen (secondary N) is 1. The molecule has 0 unspecified atom stereocenters. The number of carbonyl (C=O) groups excluding carboxylic acids is 3. The highest BCUT2D eigenvalue weighted by Gasteiger charge is 2.19. The molecule has 4 N–H and O–H groups in total. The molecule has 0 atom stereocenters. The number of H-pyrrole nitrogens is 1. The lowest BCUT2D eigenvalue weighted by atomic mass is 10.0. The maximum Gasteiger partial charge on any atom is 0.164 e. The Bertz CT molecular complexity index is 2340. The van der Waals surface area contributed by atoms with Crippen molar-refractivity contribution in [3.05, 3.63) is 66.0 Å². The summed E-state index contributed by atoms with van der Waals surface area (Å²) in [7, 11) is 0. The number of unbranched alkanes of at least 4 members (excludes halogenated alkanes) is 2. The van der Waals surface area contributed by atoms with E-state index in [1.807, 2.05) is 16.8 Å². The monoisotopic (exact) mass is 956 g/mol. The van der Waals surface area contributed by atoms with Crippen molar-refractivity contribution in [3.63, 3.8) is 0 Å². The molecule has 18 heteroatoms.